The number of carboxylic acids is 1. The molecule has 1 atom stereocenters. The van der Waals surface area contributed by atoms with Gasteiger partial charge < -0.3 is 0 Å². The van der Waals surface area contributed by atoms with Crippen LogP contribution in [0.15, 0.2) is 121 Å². The third kappa shape index (κ3) is 3.85. The number of hydrogen-bond acceptors (Lipinski definition) is 2. The summed E-state index contributed by atoms with van der Waals surface area (Å²) in [5.74, 6) is -0.844. The van der Waals surface area contributed by atoms with Crippen molar-refractivity contribution in [3.05, 3.63) is 121 Å². The van der Waals surface area contributed by atoms with Crippen molar-refractivity contribution in [2.45, 2.75) is 13.0 Å². The molecule has 0 aliphatic carbocycles. The molecule has 4 rings (SSSR count). The first kappa shape index (κ1) is 20.8. The molecule has 1 N–H and O–H groups in total. The molecule has 0 aliphatic heterocycles. The van der Waals surface area contributed by atoms with Crippen molar-refractivity contribution >= 4 is 35.0 Å². The van der Waals surface area contributed by atoms with Crippen molar-refractivity contribution < 1.29 is 9.90 Å². The van der Waals surface area contributed by atoms with Gasteiger partial charge in [-0.2, -0.15) is 0 Å². The van der Waals surface area contributed by atoms with E-state index in [4.69, 9.17) is 0 Å². The van der Waals surface area contributed by atoms with E-state index < -0.39 is 19.4 Å². The van der Waals surface area contributed by atoms with Gasteiger partial charge in [0.1, 0.15) is 0 Å². The van der Waals surface area contributed by atoms with Crippen molar-refractivity contribution in [1.29, 1.82) is 0 Å². The Bertz CT molecular complexity index is 1020. The van der Waals surface area contributed by atoms with E-state index in [2.05, 4.69) is 41.1 Å². The average molecular weight is 427 g/mol. The second-order valence-electron chi connectivity index (χ2n) is 7.53. The first-order valence-corrected chi connectivity index (χ1v) is 12.3. The second kappa shape index (κ2) is 9.16. The van der Waals surface area contributed by atoms with Crippen LogP contribution in [0.4, 0.5) is 5.69 Å². The molecule has 3 nitrogen and oxygen atoms in total. The van der Waals surface area contributed by atoms with Crippen LogP contribution in [0.1, 0.15) is 6.92 Å². The number of rotatable bonds is 7. The number of carboxylic acid groups (broad SMARTS) is 1. The number of para-hydroxylation sites is 1. The molecule has 156 valence electrons. The summed E-state index contributed by atoms with van der Waals surface area (Å²) in [6.45, 7) is 1.78. The summed E-state index contributed by atoms with van der Waals surface area (Å²) >= 11 is 0. The Labute approximate surface area is 184 Å². The summed E-state index contributed by atoms with van der Waals surface area (Å²) in [6, 6.07) is 40.3. The van der Waals surface area contributed by atoms with E-state index in [-0.39, 0.29) is 0 Å². The number of hydrogen-bond donors (Lipinski definition) is 1. The quantitative estimate of drug-likeness (QED) is 0.438. The SMILES string of the molecule is CC(C(=O)O)N(c1ccccc1)[PH](c1ccccc1)(c1ccccc1)c1ccccc1. The minimum absolute atomic E-state index is 0.727. The summed E-state index contributed by atoms with van der Waals surface area (Å²) in [7, 11) is -2.97. The predicted molar refractivity (Wildman–Crippen MR) is 133 cm³/mol. The average Bonchev–Trinajstić information content (AvgIpc) is 2.84. The first-order valence-electron chi connectivity index (χ1n) is 10.4. The van der Waals surface area contributed by atoms with Gasteiger partial charge in [0.25, 0.3) is 0 Å². The van der Waals surface area contributed by atoms with Gasteiger partial charge in [-0.3, -0.25) is 0 Å². The van der Waals surface area contributed by atoms with Crippen LogP contribution in [-0.2, 0) is 4.79 Å². The van der Waals surface area contributed by atoms with E-state index in [0.29, 0.717) is 0 Å². The maximum atomic E-state index is 12.4. The Kier molecular flexibility index (Phi) is 6.16. The molecule has 0 heterocycles. The maximum absolute atomic E-state index is 12.4. The van der Waals surface area contributed by atoms with Crippen LogP contribution in [0, 0.1) is 0 Å². The fourth-order valence-electron chi connectivity index (χ4n) is 4.36. The second-order valence-corrected chi connectivity index (χ2v) is 11.2. The number of anilines is 1. The van der Waals surface area contributed by atoms with Crippen molar-refractivity contribution in [3.8, 4) is 0 Å². The molecule has 0 amide bonds. The molecule has 4 heteroatoms. The number of carbonyl (C=O) groups is 1. The number of benzene rings is 4. The molecule has 0 saturated carbocycles. The molecule has 0 radical (unpaired) electrons. The van der Waals surface area contributed by atoms with Gasteiger partial charge in [-0.05, 0) is 0 Å². The van der Waals surface area contributed by atoms with Gasteiger partial charge in [0, 0.05) is 0 Å². The Hall–Kier alpha value is -3.42. The van der Waals surface area contributed by atoms with E-state index in [1.54, 1.807) is 6.92 Å². The molecule has 0 bridgehead atoms. The molecular weight excluding hydrogens is 401 g/mol. The molecule has 31 heavy (non-hydrogen) atoms. The first-order chi connectivity index (χ1) is 15.2. The molecule has 0 aromatic heterocycles. The van der Waals surface area contributed by atoms with Gasteiger partial charge in [0.2, 0.25) is 0 Å². The van der Waals surface area contributed by atoms with Gasteiger partial charge in [0.15, 0.2) is 0 Å². The molecule has 0 saturated heterocycles. The van der Waals surface area contributed by atoms with Crippen LogP contribution in [0.3, 0.4) is 0 Å². The van der Waals surface area contributed by atoms with Gasteiger partial charge in [-0.25, -0.2) is 0 Å². The Morgan fingerprint density at radius 2 is 0.968 bits per heavy atom. The normalized spacial score (nSPS) is 12.7. The molecule has 1 unspecified atom stereocenters. The third-order valence-corrected chi connectivity index (χ3v) is 10.6. The van der Waals surface area contributed by atoms with E-state index >= 15 is 0 Å². The Morgan fingerprint density at radius 1 is 0.645 bits per heavy atom. The molecule has 0 spiro atoms. The van der Waals surface area contributed by atoms with E-state index in [9.17, 15) is 9.90 Å². The zero-order valence-electron chi connectivity index (χ0n) is 17.4. The van der Waals surface area contributed by atoms with Crippen LogP contribution in [0.5, 0.6) is 0 Å². The van der Waals surface area contributed by atoms with E-state index in [0.717, 1.165) is 21.6 Å². The number of aliphatic carboxylic acids is 1. The van der Waals surface area contributed by atoms with Crippen molar-refractivity contribution in [3.63, 3.8) is 0 Å². The summed E-state index contributed by atoms with van der Waals surface area (Å²) in [5, 5.41) is 13.6. The summed E-state index contributed by atoms with van der Waals surface area (Å²) < 4.78 is 2.16. The molecule has 4 aromatic rings. The Morgan fingerprint density at radius 3 is 1.29 bits per heavy atom. The molecular formula is C27H26NO2P. The van der Waals surface area contributed by atoms with Crippen molar-refractivity contribution in [2.24, 2.45) is 0 Å². The van der Waals surface area contributed by atoms with Gasteiger partial charge in [-0.1, -0.05) is 0 Å². The standard InChI is InChI=1S/C27H26NO2P/c1-22(27(29)30)28(23-14-6-2-7-15-23)31(24-16-8-3-9-17-24,25-18-10-4-11-19-25)26-20-12-5-13-21-26/h2-22,31H,1H3,(H,29,30). The van der Waals surface area contributed by atoms with Crippen LogP contribution < -0.4 is 20.6 Å². The van der Waals surface area contributed by atoms with E-state index in [1.807, 2.05) is 84.9 Å². The van der Waals surface area contributed by atoms with Gasteiger partial charge >= 0.3 is 184 Å². The molecule has 4 aromatic carbocycles. The van der Waals surface area contributed by atoms with Crippen LogP contribution in [0.25, 0.3) is 0 Å². The van der Waals surface area contributed by atoms with Crippen molar-refractivity contribution in [2.75, 3.05) is 4.67 Å². The summed E-state index contributed by atoms with van der Waals surface area (Å²) in [6.07, 6.45) is 0. The third-order valence-electron chi connectivity index (χ3n) is 5.72. The zero-order chi connectivity index (χ0) is 21.7. The van der Waals surface area contributed by atoms with Crippen LogP contribution >= 0.6 is 7.41 Å². The van der Waals surface area contributed by atoms with Crippen LogP contribution in [0.2, 0.25) is 0 Å². The predicted octanol–water partition coefficient (Wildman–Crippen LogP) is 4.61. The fourth-order valence-corrected chi connectivity index (χ4v) is 9.45. The summed E-state index contributed by atoms with van der Waals surface area (Å²) in [4.78, 5) is 12.4. The van der Waals surface area contributed by atoms with Gasteiger partial charge in [0.05, 0.1) is 0 Å². The minimum atomic E-state index is -2.97. The van der Waals surface area contributed by atoms with Crippen molar-refractivity contribution in [1.82, 2.24) is 0 Å². The molecule has 0 fully saturated rings. The monoisotopic (exact) mass is 427 g/mol. The summed E-state index contributed by atoms with van der Waals surface area (Å²) in [5.41, 5.74) is 0.903. The van der Waals surface area contributed by atoms with E-state index in [1.165, 1.54) is 0 Å². The Balaban J connectivity index is 2.16. The number of nitrogens with zero attached hydrogens (tertiary/aromatic N) is 1. The molecule has 0 aliphatic rings. The van der Waals surface area contributed by atoms with Crippen LogP contribution in [-0.4, -0.2) is 17.1 Å². The van der Waals surface area contributed by atoms with Gasteiger partial charge in [-0.15, -0.1) is 0 Å². The fraction of sp³-hybridized carbons (Fsp3) is 0.0741. The topological polar surface area (TPSA) is 40.5 Å². The zero-order valence-corrected chi connectivity index (χ0v) is 18.4.